The SMILES string of the molecule is Cc1cn2c(n1)sc1cc(F)ccc12.Cl. The third-order valence-electron chi connectivity index (χ3n) is 2.18. The van der Waals surface area contributed by atoms with E-state index in [1.54, 1.807) is 12.1 Å². The van der Waals surface area contributed by atoms with Crippen molar-refractivity contribution in [3.05, 3.63) is 35.9 Å². The van der Waals surface area contributed by atoms with E-state index in [1.807, 2.05) is 17.5 Å². The van der Waals surface area contributed by atoms with Gasteiger partial charge in [-0.1, -0.05) is 11.3 Å². The molecule has 0 radical (unpaired) electrons. The second kappa shape index (κ2) is 3.47. The summed E-state index contributed by atoms with van der Waals surface area (Å²) in [4.78, 5) is 5.26. The molecule has 0 aliphatic heterocycles. The van der Waals surface area contributed by atoms with Crippen LogP contribution < -0.4 is 0 Å². The molecule has 0 fully saturated rings. The first-order valence-electron chi connectivity index (χ1n) is 4.28. The van der Waals surface area contributed by atoms with E-state index in [0.717, 1.165) is 20.9 Å². The van der Waals surface area contributed by atoms with Gasteiger partial charge in [-0.05, 0) is 25.1 Å². The molecule has 0 atom stereocenters. The molecule has 0 saturated heterocycles. The van der Waals surface area contributed by atoms with E-state index in [1.165, 1.54) is 17.4 Å². The maximum Gasteiger partial charge on any atom is 0.194 e. The monoisotopic (exact) mass is 242 g/mol. The van der Waals surface area contributed by atoms with Crippen molar-refractivity contribution in [2.24, 2.45) is 0 Å². The van der Waals surface area contributed by atoms with Crippen LogP contribution in [0.5, 0.6) is 0 Å². The molecule has 2 nitrogen and oxygen atoms in total. The quantitative estimate of drug-likeness (QED) is 0.591. The number of hydrogen-bond acceptors (Lipinski definition) is 2. The molecule has 5 heteroatoms. The number of aromatic nitrogens is 2. The summed E-state index contributed by atoms with van der Waals surface area (Å²) in [6, 6.07) is 4.81. The van der Waals surface area contributed by atoms with Gasteiger partial charge in [0.25, 0.3) is 0 Å². The Kier molecular flexibility index (Phi) is 2.40. The van der Waals surface area contributed by atoms with Gasteiger partial charge in [-0.2, -0.15) is 0 Å². The van der Waals surface area contributed by atoms with E-state index in [-0.39, 0.29) is 18.2 Å². The maximum atomic E-state index is 12.9. The molecule has 0 spiro atoms. The zero-order valence-corrected chi connectivity index (χ0v) is 9.53. The highest BCUT2D eigenvalue weighted by molar-refractivity contribution is 7.23. The van der Waals surface area contributed by atoms with Gasteiger partial charge in [0.1, 0.15) is 5.82 Å². The van der Waals surface area contributed by atoms with Gasteiger partial charge in [-0.15, -0.1) is 12.4 Å². The average molecular weight is 243 g/mol. The van der Waals surface area contributed by atoms with Crippen LogP contribution in [0.15, 0.2) is 24.4 Å². The van der Waals surface area contributed by atoms with Crippen molar-refractivity contribution in [3.8, 4) is 0 Å². The summed E-state index contributed by atoms with van der Waals surface area (Å²) in [7, 11) is 0. The third-order valence-corrected chi connectivity index (χ3v) is 3.19. The summed E-state index contributed by atoms with van der Waals surface area (Å²) in [6.45, 7) is 1.95. The summed E-state index contributed by atoms with van der Waals surface area (Å²) in [6.07, 6.45) is 1.96. The number of thiazole rings is 1. The van der Waals surface area contributed by atoms with Crippen LogP contribution in [0, 0.1) is 12.7 Å². The fourth-order valence-corrected chi connectivity index (χ4v) is 2.67. The molecule has 0 unspecified atom stereocenters. The molecule has 0 N–H and O–H groups in total. The van der Waals surface area contributed by atoms with Crippen molar-refractivity contribution >= 4 is 38.9 Å². The molecule has 0 aliphatic rings. The molecule has 0 amide bonds. The van der Waals surface area contributed by atoms with Gasteiger partial charge in [-0.3, -0.25) is 4.40 Å². The Balaban J connectivity index is 0.000000853. The van der Waals surface area contributed by atoms with Gasteiger partial charge >= 0.3 is 0 Å². The summed E-state index contributed by atoms with van der Waals surface area (Å²) in [5.74, 6) is -0.196. The second-order valence-electron chi connectivity index (χ2n) is 3.25. The van der Waals surface area contributed by atoms with Crippen LogP contribution >= 0.6 is 23.7 Å². The lowest BCUT2D eigenvalue weighted by Gasteiger charge is -1.90. The number of halogens is 2. The Labute approximate surface area is 95.8 Å². The molecule has 0 bridgehead atoms. The number of imidazole rings is 1. The van der Waals surface area contributed by atoms with Crippen LogP contribution in [0.1, 0.15) is 5.69 Å². The van der Waals surface area contributed by atoms with E-state index < -0.39 is 0 Å². The number of aryl methyl sites for hydroxylation is 1. The normalized spacial score (nSPS) is 10.8. The molecule has 3 rings (SSSR count). The summed E-state index contributed by atoms with van der Waals surface area (Å²) in [5.41, 5.74) is 2.01. The van der Waals surface area contributed by atoms with Crippen molar-refractivity contribution in [1.82, 2.24) is 9.38 Å². The molecule has 2 heterocycles. The van der Waals surface area contributed by atoms with E-state index in [2.05, 4.69) is 4.98 Å². The molecular formula is C10H8ClFN2S. The van der Waals surface area contributed by atoms with Crippen LogP contribution in [0.25, 0.3) is 15.2 Å². The van der Waals surface area contributed by atoms with Crippen LogP contribution in [0.2, 0.25) is 0 Å². The Morgan fingerprint density at radius 2 is 2.20 bits per heavy atom. The van der Waals surface area contributed by atoms with E-state index in [4.69, 9.17) is 0 Å². The molecule has 0 saturated carbocycles. The molecule has 3 aromatic rings. The first-order chi connectivity index (χ1) is 6.74. The second-order valence-corrected chi connectivity index (χ2v) is 4.26. The van der Waals surface area contributed by atoms with Crippen LogP contribution in [0.3, 0.4) is 0 Å². The topological polar surface area (TPSA) is 17.3 Å². The van der Waals surface area contributed by atoms with Gasteiger partial charge in [0, 0.05) is 6.20 Å². The minimum absolute atomic E-state index is 0. The first kappa shape index (κ1) is 10.4. The lowest BCUT2D eigenvalue weighted by atomic mass is 10.3. The third kappa shape index (κ3) is 1.50. The first-order valence-corrected chi connectivity index (χ1v) is 5.09. The molecule has 1 aromatic carbocycles. The molecule has 78 valence electrons. The maximum absolute atomic E-state index is 12.9. The predicted octanol–water partition coefficient (Wildman–Crippen LogP) is 3.42. The number of benzene rings is 1. The van der Waals surface area contributed by atoms with Gasteiger partial charge in [0.05, 0.1) is 15.9 Å². The number of rotatable bonds is 0. The van der Waals surface area contributed by atoms with Crippen molar-refractivity contribution in [3.63, 3.8) is 0 Å². The Hall–Kier alpha value is -1.13. The smallest absolute Gasteiger partial charge is 0.194 e. The Bertz CT molecular complexity index is 625. The van der Waals surface area contributed by atoms with E-state index >= 15 is 0 Å². The van der Waals surface area contributed by atoms with Crippen LogP contribution in [-0.4, -0.2) is 9.38 Å². The predicted molar refractivity (Wildman–Crippen MR) is 62.5 cm³/mol. The van der Waals surface area contributed by atoms with Gasteiger partial charge in [0.15, 0.2) is 4.96 Å². The molecule has 15 heavy (non-hydrogen) atoms. The number of fused-ring (bicyclic) bond motifs is 3. The zero-order valence-electron chi connectivity index (χ0n) is 7.90. The highest BCUT2D eigenvalue weighted by Crippen LogP contribution is 2.26. The van der Waals surface area contributed by atoms with Gasteiger partial charge in [0.2, 0.25) is 0 Å². The molecule has 2 aromatic heterocycles. The van der Waals surface area contributed by atoms with Crippen molar-refractivity contribution in [2.45, 2.75) is 6.92 Å². The molecular weight excluding hydrogens is 235 g/mol. The summed E-state index contributed by atoms with van der Waals surface area (Å²) < 4.78 is 15.9. The number of nitrogens with zero attached hydrogens (tertiary/aromatic N) is 2. The van der Waals surface area contributed by atoms with E-state index in [0.29, 0.717) is 0 Å². The fourth-order valence-electron chi connectivity index (χ4n) is 1.59. The minimum Gasteiger partial charge on any atom is -0.290 e. The van der Waals surface area contributed by atoms with Crippen molar-refractivity contribution in [2.75, 3.05) is 0 Å². The Morgan fingerprint density at radius 1 is 1.40 bits per heavy atom. The zero-order chi connectivity index (χ0) is 9.71. The number of hydrogen-bond donors (Lipinski definition) is 0. The van der Waals surface area contributed by atoms with Gasteiger partial charge in [-0.25, -0.2) is 9.37 Å². The van der Waals surface area contributed by atoms with Crippen molar-refractivity contribution < 1.29 is 4.39 Å². The Morgan fingerprint density at radius 3 is 3.00 bits per heavy atom. The summed E-state index contributed by atoms with van der Waals surface area (Å²) in [5, 5.41) is 0. The van der Waals surface area contributed by atoms with Crippen LogP contribution in [-0.2, 0) is 0 Å². The van der Waals surface area contributed by atoms with Crippen LogP contribution in [0.4, 0.5) is 4.39 Å². The minimum atomic E-state index is -0.196. The van der Waals surface area contributed by atoms with E-state index in [9.17, 15) is 4.39 Å². The lowest BCUT2D eigenvalue weighted by molar-refractivity contribution is 0.630. The summed E-state index contributed by atoms with van der Waals surface area (Å²) >= 11 is 1.51. The molecule has 0 aliphatic carbocycles. The average Bonchev–Trinajstić information content (AvgIpc) is 2.59. The fraction of sp³-hybridized carbons (Fsp3) is 0.100. The van der Waals surface area contributed by atoms with Crippen molar-refractivity contribution in [1.29, 1.82) is 0 Å². The largest absolute Gasteiger partial charge is 0.290 e. The van der Waals surface area contributed by atoms with Gasteiger partial charge < -0.3 is 0 Å². The standard InChI is InChI=1S/C10H7FN2S.ClH/c1-6-5-13-8-3-2-7(11)4-9(8)14-10(13)12-6;/h2-5H,1H3;1H. The highest BCUT2D eigenvalue weighted by Gasteiger charge is 2.06. The lowest BCUT2D eigenvalue weighted by Crippen LogP contribution is -1.77. The highest BCUT2D eigenvalue weighted by atomic mass is 35.5.